The second-order valence-corrected chi connectivity index (χ2v) is 7.80. The Bertz CT molecular complexity index is 495. The van der Waals surface area contributed by atoms with Crippen LogP contribution in [0.2, 0.25) is 0 Å². The maximum Gasteiger partial charge on any atom is 0.254 e. The smallest absolute Gasteiger partial charge is 0.254 e. The molecule has 2 bridgehead atoms. The highest BCUT2D eigenvalue weighted by atomic mass is 32.1. The van der Waals surface area contributed by atoms with Crippen molar-refractivity contribution in [3.05, 3.63) is 21.9 Å². The molecule has 1 saturated carbocycles. The van der Waals surface area contributed by atoms with Crippen LogP contribution in [-0.4, -0.2) is 23.4 Å². The number of fused-ring (bicyclic) bond motifs is 2. The van der Waals surface area contributed by atoms with Crippen molar-refractivity contribution in [1.82, 2.24) is 4.90 Å². The molecule has 3 heteroatoms. The molecule has 2 heterocycles. The first-order valence-electron chi connectivity index (χ1n) is 7.39. The van der Waals surface area contributed by atoms with E-state index < -0.39 is 0 Å². The van der Waals surface area contributed by atoms with E-state index >= 15 is 0 Å². The number of nitrogens with zero attached hydrogens (tertiary/aromatic N) is 1. The van der Waals surface area contributed by atoms with Gasteiger partial charge in [-0.3, -0.25) is 4.79 Å². The summed E-state index contributed by atoms with van der Waals surface area (Å²) in [7, 11) is 0. The van der Waals surface area contributed by atoms with Gasteiger partial charge in [0.05, 0.1) is 5.56 Å². The molecule has 0 aromatic carbocycles. The fourth-order valence-electron chi connectivity index (χ4n) is 4.11. The van der Waals surface area contributed by atoms with E-state index in [4.69, 9.17) is 0 Å². The molecule has 1 aromatic rings. The number of thiophene rings is 1. The molecule has 3 rings (SSSR count). The lowest BCUT2D eigenvalue weighted by Gasteiger charge is -2.31. The van der Waals surface area contributed by atoms with E-state index in [2.05, 4.69) is 31.7 Å². The minimum absolute atomic E-state index is 0.263. The summed E-state index contributed by atoms with van der Waals surface area (Å²) < 4.78 is 0. The number of hydrogen-bond donors (Lipinski definition) is 0. The van der Waals surface area contributed by atoms with Crippen molar-refractivity contribution >= 4 is 17.2 Å². The van der Waals surface area contributed by atoms with Crippen molar-refractivity contribution < 1.29 is 4.79 Å². The fraction of sp³-hybridized carbons (Fsp3) is 0.688. The third kappa shape index (κ3) is 2.33. The van der Waals surface area contributed by atoms with Gasteiger partial charge in [-0.2, -0.15) is 0 Å². The number of carbonyl (C=O) groups is 1. The molecule has 0 spiro atoms. The van der Waals surface area contributed by atoms with Crippen LogP contribution in [0, 0.1) is 11.3 Å². The summed E-state index contributed by atoms with van der Waals surface area (Å²) in [6.45, 7) is 7.79. The summed E-state index contributed by atoms with van der Waals surface area (Å²) in [5.74, 6) is 1.02. The average molecular weight is 277 g/mol. The van der Waals surface area contributed by atoms with Gasteiger partial charge in [0.1, 0.15) is 0 Å². The molecule has 0 radical (unpaired) electrons. The molecule has 1 aliphatic carbocycles. The summed E-state index contributed by atoms with van der Waals surface area (Å²) in [6.07, 6.45) is 4.69. The number of likely N-dealkylation sites (tertiary alicyclic amines) is 1. The van der Waals surface area contributed by atoms with Crippen LogP contribution in [-0.2, 0) is 6.42 Å². The minimum atomic E-state index is 0.263. The van der Waals surface area contributed by atoms with Crippen molar-refractivity contribution in [2.75, 3.05) is 6.54 Å². The first-order valence-corrected chi connectivity index (χ1v) is 8.27. The Labute approximate surface area is 119 Å². The molecule has 2 aliphatic rings. The van der Waals surface area contributed by atoms with Crippen molar-refractivity contribution in [3.8, 4) is 0 Å². The molecule has 1 aromatic heterocycles. The van der Waals surface area contributed by atoms with E-state index in [0.717, 1.165) is 24.4 Å². The van der Waals surface area contributed by atoms with Gasteiger partial charge in [-0.1, -0.05) is 20.8 Å². The lowest BCUT2D eigenvalue weighted by atomic mass is 9.73. The zero-order valence-corrected chi connectivity index (χ0v) is 12.9. The summed E-state index contributed by atoms with van der Waals surface area (Å²) in [4.78, 5) is 16.2. The van der Waals surface area contributed by atoms with Crippen molar-refractivity contribution in [3.63, 3.8) is 0 Å². The highest BCUT2D eigenvalue weighted by Gasteiger charge is 2.47. The van der Waals surface area contributed by atoms with Crippen LogP contribution in [0.4, 0.5) is 0 Å². The van der Waals surface area contributed by atoms with E-state index in [9.17, 15) is 4.79 Å². The molecule has 2 nitrogen and oxygen atoms in total. The topological polar surface area (TPSA) is 20.3 Å². The van der Waals surface area contributed by atoms with Crippen LogP contribution in [0.1, 0.15) is 55.3 Å². The maximum atomic E-state index is 12.7. The molecule has 19 heavy (non-hydrogen) atoms. The predicted molar refractivity (Wildman–Crippen MR) is 79.6 cm³/mol. The monoisotopic (exact) mass is 277 g/mol. The number of carbonyl (C=O) groups excluding carboxylic acids is 1. The van der Waals surface area contributed by atoms with Gasteiger partial charge >= 0.3 is 0 Å². The van der Waals surface area contributed by atoms with E-state index in [0.29, 0.717) is 11.5 Å². The Balaban J connectivity index is 1.81. The van der Waals surface area contributed by atoms with Gasteiger partial charge in [-0.15, -0.1) is 11.3 Å². The molecule has 1 aliphatic heterocycles. The molecule has 1 saturated heterocycles. The van der Waals surface area contributed by atoms with Crippen molar-refractivity contribution in [2.45, 2.75) is 52.5 Å². The van der Waals surface area contributed by atoms with Crippen LogP contribution < -0.4 is 0 Å². The number of hydrogen-bond acceptors (Lipinski definition) is 2. The molecule has 0 N–H and O–H groups in total. The SMILES string of the molecule is CCc1cc(C(=O)N2CC3(C)CC(C)CC2C3)cs1. The van der Waals surface area contributed by atoms with Crippen LogP contribution in [0.5, 0.6) is 0 Å². The molecule has 3 unspecified atom stereocenters. The summed E-state index contributed by atoms with van der Waals surface area (Å²) in [6, 6.07) is 2.56. The van der Waals surface area contributed by atoms with E-state index in [1.54, 1.807) is 11.3 Å². The lowest BCUT2D eigenvalue weighted by Crippen LogP contribution is -2.35. The maximum absolute atomic E-state index is 12.7. The number of amides is 1. The molecular weight excluding hydrogens is 254 g/mol. The first kappa shape index (κ1) is 13.2. The second kappa shape index (κ2) is 4.62. The zero-order valence-electron chi connectivity index (χ0n) is 12.1. The normalized spacial score (nSPS) is 33.7. The summed E-state index contributed by atoms with van der Waals surface area (Å²) in [5.41, 5.74) is 1.27. The third-order valence-corrected chi connectivity index (χ3v) is 5.83. The van der Waals surface area contributed by atoms with Gasteiger partial charge < -0.3 is 4.90 Å². The van der Waals surface area contributed by atoms with Gasteiger partial charge in [0, 0.05) is 22.8 Å². The van der Waals surface area contributed by atoms with Crippen molar-refractivity contribution in [1.29, 1.82) is 0 Å². The zero-order chi connectivity index (χ0) is 13.6. The third-order valence-electron chi connectivity index (χ3n) is 4.75. The highest BCUT2D eigenvalue weighted by Crippen LogP contribution is 2.47. The number of aryl methyl sites for hydroxylation is 1. The van der Waals surface area contributed by atoms with E-state index in [1.165, 1.54) is 24.1 Å². The van der Waals surface area contributed by atoms with Crippen LogP contribution in [0.3, 0.4) is 0 Å². The highest BCUT2D eigenvalue weighted by molar-refractivity contribution is 7.10. The summed E-state index contributed by atoms with van der Waals surface area (Å²) >= 11 is 1.71. The van der Waals surface area contributed by atoms with Gasteiger partial charge in [-0.25, -0.2) is 0 Å². The Hall–Kier alpha value is -0.830. The average Bonchev–Trinajstić information content (AvgIpc) is 2.90. The molecule has 2 fully saturated rings. The Kier molecular flexibility index (Phi) is 3.20. The minimum Gasteiger partial charge on any atom is -0.335 e. The predicted octanol–water partition coefficient (Wildman–Crippen LogP) is 3.96. The second-order valence-electron chi connectivity index (χ2n) is 6.80. The van der Waals surface area contributed by atoms with Gasteiger partial charge in [0.15, 0.2) is 0 Å². The molecular formula is C16H23NOS. The molecule has 104 valence electrons. The van der Waals surface area contributed by atoms with Gasteiger partial charge in [0.25, 0.3) is 5.91 Å². The van der Waals surface area contributed by atoms with E-state index in [-0.39, 0.29) is 5.91 Å². The lowest BCUT2D eigenvalue weighted by molar-refractivity contribution is 0.0726. The Morgan fingerprint density at radius 1 is 1.53 bits per heavy atom. The quantitative estimate of drug-likeness (QED) is 0.801. The van der Waals surface area contributed by atoms with Crippen LogP contribution in [0.25, 0.3) is 0 Å². The molecule has 1 amide bonds. The van der Waals surface area contributed by atoms with Gasteiger partial charge in [0.2, 0.25) is 0 Å². The van der Waals surface area contributed by atoms with Crippen LogP contribution >= 0.6 is 11.3 Å². The standard InChI is InChI=1S/C16H23NOS/c1-4-14-6-12(9-19-14)15(18)17-10-16(3)7-11(2)5-13(17)8-16/h6,9,11,13H,4-5,7-8,10H2,1-3H3. The first-order chi connectivity index (χ1) is 9.00. The fourth-order valence-corrected chi connectivity index (χ4v) is 4.92. The largest absolute Gasteiger partial charge is 0.335 e. The summed E-state index contributed by atoms with van der Waals surface area (Å²) in [5, 5.41) is 2.04. The van der Waals surface area contributed by atoms with Crippen molar-refractivity contribution in [2.24, 2.45) is 11.3 Å². The molecule has 3 atom stereocenters. The number of rotatable bonds is 2. The Morgan fingerprint density at radius 3 is 3.00 bits per heavy atom. The Morgan fingerprint density at radius 2 is 2.32 bits per heavy atom. The van der Waals surface area contributed by atoms with Crippen LogP contribution in [0.15, 0.2) is 11.4 Å². The van der Waals surface area contributed by atoms with E-state index in [1.807, 2.05) is 5.38 Å². The van der Waals surface area contributed by atoms with Gasteiger partial charge in [-0.05, 0) is 43.1 Å².